The number of amides is 1. The highest BCUT2D eigenvalue weighted by molar-refractivity contribution is 5.86. The van der Waals surface area contributed by atoms with E-state index in [9.17, 15) is 4.79 Å². The summed E-state index contributed by atoms with van der Waals surface area (Å²) in [5.41, 5.74) is 0. The lowest BCUT2D eigenvalue weighted by Gasteiger charge is -2.34. The van der Waals surface area contributed by atoms with Crippen molar-refractivity contribution < 1.29 is 4.79 Å². The molecular formula is C16H29N3O. The van der Waals surface area contributed by atoms with Crippen LogP contribution in [0.3, 0.4) is 0 Å². The zero-order chi connectivity index (χ0) is 14.4. The molecule has 0 radical (unpaired) electrons. The Hall–Kier alpha value is -0.610. The Labute approximate surface area is 122 Å². The van der Waals surface area contributed by atoms with Gasteiger partial charge in [0.15, 0.2) is 0 Å². The quantitative estimate of drug-likeness (QED) is 0.747. The van der Waals surface area contributed by atoms with Crippen LogP contribution in [0.2, 0.25) is 0 Å². The predicted octanol–water partition coefficient (Wildman–Crippen LogP) is 1.36. The highest BCUT2D eigenvalue weighted by Crippen LogP contribution is 2.39. The highest BCUT2D eigenvalue weighted by atomic mass is 16.2. The molecule has 3 fully saturated rings. The van der Waals surface area contributed by atoms with Crippen LogP contribution < -0.4 is 10.6 Å². The van der Waals surface area contributed by atoms with E-state index in [0.29, 0.717) is 30.1 Å². The lowest BCUT2D eigenvalue weighted by atomic mass is 9.96. The second-order valence-corrected chi connectivity index (χ2v) is 7.48. The van der Waals surface area contributed by atoms with Crippen LogP contribution in [0.1, 0.15) is 47.0 Å². The monoisotopic (exact) mass is 279 g/mol. The van der Waals surface area contributed by atoms with Crippen molar-refractivity contribution >= 4 is 5.91 Å². The van der Waals surface area contributed by atoms with Crippen molar-refractivity contribution in [2.45, 2.75) is 77.2 Å². The molecule has 1 aliphatic carbocycles. The van der Waals surface area contributed by atoms with E-state index in [1.807, 2.05) is 0 Å². The van der Waals surface area contributed by atoms with Crippen LogP contribution in [-0.4, -0.2) is 47.6 Å². The zero-order valence-electron chi connectivity index (χ0n) is 13.2. The Morgan fingerprint density at radius 1 is 1.20 bits per heavy atom. The van der Waals surface area contributed by atoms with Gasteiger partial charge in [0.25, 0.3) is 0 Å². The molecule has 1 saturated carbocycles. The van der Waals surface area contributed by atoms with Crippen LogP contribution in [0.25, 0.3) is 0 Å². The topological polar surface area (TPSA) is 54.3 Å². The van der Waals surface area contributed by atoms with Gasteiger partial charge in [-0.05, 0) is 44.9 Å². The molecule has 0 aromatic rings. The van der Waals surface area contributed by atoms with Crippen molar-refractivity contribution in [2.75, 3.05) is 6.54 Å². The number of carbonyl (C=O) groups excluding carboxylic acids is 1. The molecule has 20 heavy (non-hydrogen) atoms. The molecule has 0 spiro atoms. The second kappa shape index (κ2) is 5.30. The van der Waals surface area contributed by atoms with E-state index in [4.69, 9.17) is 0 Å². The van der Waals surface area contributed by atoms with E-state index in [1.165, 1.54) is 12.8 Å². The van der Waals surface area contributed by atoms with E-state index in [0.717, 1.165) is 18.9 Å². The molecule has 4 atom stereocenters. The number of rotatable bonds is 5. The van der Waals surface area contributed by atoms with E-state index in [-0.39, 0.29) is 11.9 Å². The van der Waals surface area contributed by atoms with Crippen molar-refractivity contribution in [3.05, 3.63) is 0 Å². The second-order valence-electron chi connectivity index (χ2n) is 7.48. The average Bonchev–Trinajstić information content (AvgIpc) is 3.23. The van der Waals surface area contributed by atoms with Gasteiger partial charge in [-0.25, -0.2) is 0 Å². The van der Waals surface area contributed by atoms with E-state index in [1.54, 1.807) is 0 Å². The maximum absolute atomic E-state index is 12.4. The molecule has 2 unspecified atom stereocenters. The molecule has 0 aromatic carbocycles. The van der Waals surface area contributed by atoms with Gasteiger partial charge in [0.1, 0.15) is 6.04 Å². The number of nitrogens with one attached hydrogen (secondary N) is 2. The molecule has 4 heteroatoms. The summed E-state index contributed by atoms with van der Waals surface area (Å²) in [6, 6.07) is 1.95. The first-order valence-corrected chi connectivity index (χ1v) is 8.31. The van der Waals surface area contributed by atoms with Gasteiger partial charge in [-0.15, -0.1) is 0 Å². The third-order valence-electron chi connectivity index (χ3n) is 5.20. The standard InChI is InChI=1S/C16H29N3O/c1-9(2)15-12(7-8-19(15)10(3)4)17-16(20)14-13(18-14)11-5-6-11/h9-15,18H,5-8H2,1-4H3,(H,17,20)/t12?,13-,14+,15?/m0/s1. The largest absolute Gasteiger partial charge is 0.350 e. The molecule has 2 heterocycles. The van der Waals surface area contributed by atoms with Gasteiger partial charge < -0.3 is 5.32 Å². The lowest BCUT2D eigenvalue weighted by molar-refractivity contribution is -0.121. The molecular weight excluding hydrogens is 250 g/mol. The fourth-order valence-corrected chi connectivity index (χ4v) is 3.97. The van der Waals surface area contributed by atoms with Crippen LogP contribution in [-0.2, 0) is 4.79 Å². The van der Waals surface area contributed by atoms with Gasteiger partial charge in [0.05, 0.1) is 0 Å². The Morgan fingerprint density at radius 3 is 2.45 bits per heavy atom. The maximum Gasteiger partial charge on any atom is 0.239 e. The molecule has 0 aromatic heterocycles. The number of hydrogen-bond donors (Lipinski definition) is 2. The molecule has 0 bridgehead atoms. The maximum atomic E-state index is 12.4. The van der Waals surface area contributed by atoms with Gasteiger partial charge in [-0.3, -0.25) is 15.0 Å². The third kappa shape index (κ3) is 2.73. The first-order valence-electron chi connectivity index (χ1n) is 8.31. The van der Waals surface area contributed by atoms with Gasteiger partial charge in [-0.1, -0.05) is 13.8 Å². The fraction of sp³-hybridized carbons (Fsp3) is 0.938. The summed E-state index contributed by atoms with van der Waals surface area (Å²) in [6.45, 7) is 10.2. The summed E-state index contributed by atoms with van der Waals surface area (Å²) in [4.78, 5) is 14.9. The van der Waals surface area contributed by atoms with Crippen LogP contribution >= 0.6 is 0 Å². The van der Waals surface area contributed by atoms with Gasteiger partial charge in [0.2, 0.25) is 5.91 Å². The van der Waals surface area contributed by atoms with Gasteiger partial charge in [0, 0.05) is 30.7 Å². The SMILES string of the molecule is CC(C)C1C(NC(=O)[C@@H]2N[C@H]2C2CC2)CCN1C(C)C. The predicted molar refractivity (Wildman–Crippen MR) is 80.5 cm³/mol. The van der Waals surface area contributed by atoms with Crippen molar-refractivity contribution in [3.63, 3.8) is 0 Å². The van der Waals surface area contributed by atoms with E-state index < -0.39 is 0 Å². The number of nitrogens with zero attached hydrogens (tertiary/aromatic N) is 1. The summed E-state index contributed by atoms with van der Waals surface area (Å²) >= 11 is 0. The minimum absolute atomic E-state index is 0.100. The first-order chi connectivity index (χ1) is 9.49. The van der Waals surface area contributed by atoms with E-state index >= 15 is 0 Å². The van der Waals surface area contributed by atoms with Gasteiger partial charge in [-0.2, -0.15) is 0 Å². The average molecular weight is 279 g/mol. The molecule has 2 aliphatic heterocycles. The summed E-state index contributed by atoms with van der Waals surface area (Å²) in [5, 5.41) is 6.68. The van der Waals surface area contributed by atoms with Crippen LogP contribution in [0.4, 0.5) is 0 Å². The Bertz CT molecular complexity index is 378. The minimum Gasteiger partial charge on any atom is -0.350 e. The summed E-state index contributed by atoms with van der Waals surface area (Å²) in [6.07, 6.45) is 3.70. The first kappa shape index (κ1) is 14.3. The third-order valence-corrected chi connectivity index (χ3v) is 5.20. The molecule has 3 rings (SSSR count). The van der Waals surface area contributed by atoms with Crippen LogP contribution in [0.15, 0.2) is 0 Å². The Balaban J connectivity index is 1.57. The molecule has 2 saturated heterocycles. The summed E-state index contributed by atoms with van der Waals surface area (Å²) < 4.78 is 0. The smallest absolute Gasteiger partial charge is 0.239 e. The van der Waals surface area contributed by atoms with Gasteiger partial charge >= 0.3 is 0 Å². The van der Waals surface area contributed by atoms with Crippen molar-refractivity contribution in [1.29, 1.82) is 0 Å². The summed E-state index contributed by atoms with van der Waals surface area (Å²) in [7, 11) is 0. The number of hydrogen-bond acceptors (Lipinski definition) is 3. The van der Waals surface area contributed by atoms with E-state index in [2.05, 4.69) is 43.2 Å². The summed E-state index contributed by atoms with van der Waals surface area (Å²) in [5.74, 6) is 1.60. The zero-order valence-corrected chi connectivity index (χ0v) is 13.2. The Morgan fingerprint density at radius 2 is 1.90 bits per heavy atom. The molecule has 3 aliphatic rings. The van der Waals surface area contributed by atoms with Crippen molar-refractivity contribution in [2.24, 2.45) is 11.8 Å². The van der Waals surface area contributed by atoms with Crippen molar-refractivity contribution in [3.8, 4) is 0 Å². The lowest BCUT2D eigenvalue weighted by Crippen LogP contribution is -2.50. The minimum atomic E-state index is 0.100. The fourth-order valence-electron chi connectivity index (χ4n) is 3.97. The Kier molecular flexibility index (Phi) is 3.80. The number of likely N-dealkylation sites (tertiary alicyclic amines) is 1. The highest BCUT2D eigenvalue weighted by Gasteiger charge is 2.51. The molecule has 4 nitrogen and oxygen atoms in total. The number of carbonyl (C=O) groups is 1. The molecule has 114 valence electrons. The van der Waals surface area contributed by atoms with Crippen LogP contribution in [0, 0.1) is 11.8 Å². The van der Waals surface area contributed by atoms with Crippen LogP contribution in [0.5, 0.6) is 0 Å². The molecule has 1 amide bonds. The van der Waals surface area contributed by atoms with Crippen molar-refractivity contribution in [1.82, 2.24) is 15.5 Å². The molecule has 2 N–H and O–H groups in total. The normalized spacial score (nSPS) is 37.7.